The first-order valence-corrected chi connectivity index (χ1v) is 13.5. The molecule has 0 aromatic heterocycles. The van der Waals surface area contributed by atoms with E-state index in [2.05, 4.69) is 12.2 Å². The van der Waals surface area contributed by atoms with Crippen LogP contribution in [0, 0.1) is 5.82 Å². The van der Waals surface area contributed by atoms with E-state index in [1.165, 1.54) is 25.0 Å². The van der Waals surface area contributed by atoms with Crippen molar-refractivity contribution in [2.45, 2.75) is 45.6 Å². The number of amides is 2. The number of ether oxygens (including phenoxy) is 2. The summed E-state index contributed by atoms with van der Waals surface area (Å²) in [5.41, 5.74) is 0.973. The minimum atomic E-state index is -0.991. The molecule has 9 heteroatoms. The maximum absolute atomic E-state index is 14.0. The molecule has 36 heavy (non-hydrogen) atoms. The van der Waals surface area contributed by atoms with E-state index in [1.807, 2.05) is 0 Å². The summed E-state index contributed by atoms with van der Waals surface area (Å²) in [6.07, 6.45) is 2.90. The van der Waals surface area contributed by atoms with Gasteiger partial charge in [0.25, 0.3) is 0 Å². The zero-order chi connectivity index (χ0) is 26.2. The van der Waals surface area contributed by atoms with Crippen molar-refractivity contribution in [1.82, 2.24) is 4.90 Å². The Balaban J connectivity index is 1.90. The van der Waals surface area contributed by atoms with E-state index >= 15 is 0 Å². The molecule has 0 aliphatic rings. The quantitative estimate of drug-likeness (QED) is 0.260. The normalized spacial score (nSPS) is 11.6. The third kappa shape index (κ3) is 10.9. The van der Waals surface area contributed by atoms with E-state index in [9.17, 15) is 19.1 Å². The Morgan fingerprint density at radius 3 is 2.47 bits per heavy atom. The van der Waals surface area contributed by atoms with Gasteiger partial charge in [-0.1, -0.05) is 44.0 Å². The van der Waals surface area contributed by atoms with E-state index in [0.29, 0.717) is 25.4 Å². The number of halogens is 1. The zero-order valence-electron chi connectivity index (χ0n) is 21.1. The average Bonchev–Trinajstić information content (AvgIpc) is 2.87. The maximum Gasteiger partial charge on any atom is 0.333 e. The molecule has 0 bridgehead atoms. The molecule has 2 rings (SSSR count). The number of unbranched alkanes of at least 4 members (excludes halogenated alkanes) is 2. The number of nitrogens with one attached hydrogen (secondary N) is 1. The van der Waals surface area contributed by atoms with Crippen molar-refractivity contribution >= 4 is 29.4 Å². The van der Waals surface area contributed by atoms with Crippen molar-refractivity contribution in [2.24, 2.45) is 0 Å². The lowest BCUT2D eigenvalue weighted by Gasteiger charge is -2.23. The first kappa shape index (κ1) is 29.5. The standard InChI is InChI=1S/C27H37FN2O5S/c1-3-5-8-18-36-19-16-30(27(33)29-24-10-7-6-9-23(24)28)15-17-35-22-13-11-21(12-14-22)20-25(26(31)32)34-4-2/h6-7,9-14,25H,3-5,8,15-20H2,1-2H3,(H,29,33)(H,31,32). The first-order valence-electron chi connectivity index (χ1n) is 12.4. The van der Waals surface area contributed by atoms with E-state index in [4.69, 9.17) is 9.47 Å². The average molecular weight is 521 g/mol. The fraction of sp³-hybridized carbons (Fsp3) is 0.481. The van der Waals surface area contributed by atoms with Gasteiger partial charge in [-0.2, -0.15) is 11.8 Å². The molecule has 0 aliphatic carbocycles. The van der Waals surface area contributed by atoms with Gasteiger partial charge < -0.3 is 24.8 Å². The Bertz CT molecular complexity index is 929. The van der Waals surface area contributed by atoms with Gasteiger partial charge in [-0.25, -0.2) is 14.0 Å². The van der Waals surface area contributed by atoms with Crippen molar-refractivity contribution in [1.29, 1.82) is 0 Å². The number of hydrogen-bond donors (Lipinski definition) is 2. The van der Waals surface area contributed by atoms with E-state index in [0.717, 1.165) is 23.5 Å². The molecule has 0 aliphatic heterocycles. The minimum Gasteiger partial charge on any atom is -0.492 e. The van der Waals surface area contributed by atoms with Crippen LogP contribution in [0.2, 0.25) is 0 Å². The summed E-state index contributed by atoms with van der Waals surface area (Å²) in [7, 11) is 0. The van der Waals surface area contributed by atoms with Crippen LogP contribution in [-0.4, -0.2) is 65.9 Å². The third-order valence-electron chi connectivity index (χ3n) is 5.42. The van der Waals surface area contributed by atoms with Gasteiger partial charge in [0.05, 0.1) is 12.2 Å². The number of rotatable bonds is 17. The monoisotopic (exact) mass is 520 g/mol. The zero-order valence-corrected chi connectivity index (χ0v) is 21.9. The van der Waals surface area contributed by atoms with E-state index in [-0.39, 0.29) is 24.7 Å². The molecule has 2 aromatic carbocycles. The lowest BCUT2D eigenvalue weighted by atomic mass is 10.1. The molecule has 7 nitrogen and oxygen atoms in total. The lowest BCUT2D eigenvalue weighted by Crippen LogP contribution is -2.39. The molecule has 1 unspecified atom stereocenters. The highest BCUT2D eigenvalue weighted by Gasteiger charge is 2.18. The second kappa shape index (κ2) is 16.8. The van der Waals surface area contributed by atoms with Gasteiger partial charge in [0, 0.05) is 25.3 Å². The Morgan fingerprint density at radius 2 is 1.81 bits per heavy atom. The fourth-order valence-electron chi connectivity index (χ4n) is 3.43. The third-order valence-corrected chi connectivity index (χ3v) is 6.47. The number of carbonyl (C=O) groups is 2. The van der Waals surface area contributed by atoms with Gasteiger partial charge in [0.2, 0.25) is 0 Å². The van der Waals surface area contributed by atoms with Gasteiger partial charge in [-0.3, -0.25) is 0 Å². The van der Waals surface area contributed by atoms with Crippen molar-refractivity contribution < 1.29 is 28.6 Å². The molecule has 1 atom stereocenters. The van der Waals surface area contributed by atoms with Gasteiger partial charge in [-0.05, 0) is 48.9 Å². The van der Waals surface area contributed by atoms with Crippen molar-refractivity contribution in [3.8, 4) is 5.75 Å². The van der Waals surface area contributed by atoms with E-state index < -0.39 is 17.9 Å². The van der Waals surface area contributed by atoms with Gasteiger partial charge in [0.15, 0.2) is 6.10 Å². The van der Waals surface area contributed by atoms with Gasteiger partial charge >= 0.3 is 12.0 Å². The van der Waals surface area contributed by atoms with Crippen LogP contribution in [0.15, 0.2) is 48.5 Å². The number of aliphatic carboxylic acids is 1. The second-order valence-corrected chi connectivity index (χ2v) is 9.42. The number of urea groups is 1. The minimum absolute atomic E-state index is 0.145. The Hall–Kier alpha value is -2.78. The topological polar surface area (TPSA) is 88.1 Å². The number of hydrogen-bond acceptors (Lipinski definition) is 5. The van der Waals surface area contributed by atoms with Crippen LogP contribution in [0.3, 0.4) is 0 Å². The Morgan fingerprint density at radius 1 is 1.06 bits per heavy atom. The summed E-state index contributed by atoms with van der Waals surface area (Å²) in [6.45, 7) is 5.38. The van der Waals surface area contributed by atoms with Gasteiger partial charge in [0.1, 0.15) is 18.2 Å². The highest BCUT2D eigenvalue weighted by molar-refractivity contribution is 7.99. The SMILES string of the molecule is CCCCCSCCN(CCOc1ccc(CC(OCC)C(=O)O)cc1)C(=O)Nc1ccccc1F. The summed E-state index contributed by atoms with van der Waals surface area (Å²) in [5, 5.41) is 11.9. The molecule has 0 radical (unpaired) electrons. The number of nitrogens with zero attached hydrogens (tertiary/aromatic N) is 1. The van der Waals surface area contributed by atoms with Crippen LogP contribution in [0.1, 0.15) is 38.7 Å². The molecule has 0 saturated carbocycles. The fourth-order valence-corrected chi connectivity index (χ4v) is 4.39. The van der Waals surface area contributed by atoms with Crippen LogP contribution >= 0.6 is 11.8 Å². The van der Waals surface area contributed by atoms with Gasteiger partial charge in [-0.15, -0.1) is 0 Å². The Labute approximate surface area is 217 Å². The number of benzene rings is 2. The molecule has 198 valence electrons. The molecule has 0 spiro atoms. The van der Waals surface area contributed by atoms with Crippen molar-refractivity contribution in [3.63, 3.8) is 0 Å². The summed E-state index contributed by atoms with van der Waals surface area (Å²) >= 11 is 1.80. The smallest absolute Gasteiger partial charge is 0.333 e. The molecule has 0 heterocycles. The number of para-hydroxylation sites is 1. The lowest BCUT2D eigenvalue weighted by molar-refractivity contribution is -0.149. The largest absolute Gasteiger partial charge is 0.492 e. The highest BCUT2D eigenvalue weighted by Crippen LogP contribution is 2.16. The van der Waals surface area contributed by atoms with Crippen LogP contribution in [0.4, 0.5) is 14.9 Å². The van der Waals surface area contributed by atoms with Crippen molar-refractivity contribution in [3.05, 3.63) is 59.9 Å². The molecule has 0 saturated heterocycles. The predicted octanol–water partition coefficient (Wildman–Crippen LogP) is 5.69. The van der Waals surface area contributed by atoms with Crippen LogP contribution in [-0.2, 0) is 16.0 Å². The number of carboxylic acids is 1. The van der Waals surface area contributed by atoms with Crippen LogP contribution < -0.4 is 10.1 Å². The maximum atomic E-state index is 14.0. The number of carbonyl (C=O) groups excluding carboxylic acids is 1. The molecule has 2 N–H and O–H groups in total. The predicted molar refractivity (Wildman–Crippen MR) is 143 cm³/mol. The molecular formula is C27H37FN2O5S. The number of anilines is 1. The molecular weight excluding hydrogens is 483 g/mol. The second-order valence-electron chi connectivity index (χ2n) is 8.20. The summed E-state index contributed by atoms with van der Waals surface area (Å²) in [4.78, 5) is 25.8. The molecule has 2 amide bonds. The highest BCUT2D eigenvalue weighted by atomic mass is 32.2. The summed E-state index contributed by atoms with van der Waals surface area (Å²) in [6, 6.07) is 12.9. The molecule has 0 fully saturated rings. The Kier molecular flexibility index (Phi) is 13.8. The van der Waals surface area contributed by atoms with Crippen LogP contribution in [0.25, 0.3) is 0 Å². The van der Waals surface area contributed by atoms with Crippen LogP contribution in [0.5, 0.6) is 5.75 Å². The number of carboxylic acid groups (broad SMARTS) is 1. The number of thioether (sulfide) groups is 1. The summed E-state index contributed by atoms with van der Waals surface area (Å²) < 4.78 is 25.1. The van der Waals surface area contributed by atoms with E-state index in [1.54, 1.807) is 60.0 Å². The molecule has 2 aromatic rings. The van der Waals surface area contributed by atoms with Crippen molar-refractivity contribution in [2.75, 3.05) is 43.1 Å². The summed E-state index contributed by atoms with van der Waals surface area (Å²) in [5.74, 6) is 0.976. The first-order chi connectivity index (χ1) is 17.4.